The summed E-state index contributed by atoms with van der Waals surface area (Å²) in [6.07, 6.45) is 0.799. The van der Waals surface area contributed by atoms with E-state index in [0.717, 1.165) is 28.7 Å². The van der Waals surface area contributed by atoms with Gasteiger partial charge in [0.15, 0.2) is 0 Å². The van der Waals surface area contributed by atoms with Crippen molar-refractivity contribution in [1.29, 1.82) is 0 Å². The number of methoxy groups -OCH3 is 1. The lowest BCUT2D eigenvalue weighted by molar-refractivity contribution is -0.770. The zero-order valence-electron chi connectivity index (χ0n) is 22.0. The van der Waals surface area contributed by atoms with Crippen molar-refractivity contribution in [3.05, 3.63) is 52.3 Å². The standard InChI is InChI=1S/C28H39ClN3O3/c1-8-30-23(12-17(2)3)28(34)32(16-20(32)6)24(15-26(33)35-7)22-13-21(14-25(29)31-22)27-18(4)10-9-11-19(27)5/h9-11,13-14,17,20,23-24,30H,8,12,15-16H2,1-7H3/q+1/t20?,23?,24-,32?/m0/s1. The molecule has 190 valence electrons. The van der Waals surface area contributed by atoms with Crippen molar-refractivity contribution in [2.75, 3.05) is 20.2 Å². The van der Waals surface area contributed by atoms with Gasteiger partial charge in [0, 0.05) is 0 Å². The molecule has 3 unspecified atom stereocenters. The molecule has 2 heterocycles. The number of nitrogens with zero attached hydrogens (tertiary/aromatic N) is 2. The SMILES string of the molecule is CCNC(CC(C)C)C(=O)[N+]1([C@@H](CC(=O)OC)c2cc(-c3c(C)cccc3C)cc(Cl)n2)CC1C. The number of nitrogens with one attached hydrogen (secondary N) is 1. The van der Waals surface area contributed by atoms with Gasteiger partial charge in [-0.15, -0.1) is 0 Å². The summed E-state index contributed by atoms with van der Waals surface area (Å²) in [5, 5.41) is 3.74. The fraction of sp³-hybridized carbons (Fsp3) is 0.536. The second kappa shape index (κ2) is 11.2. The minimum absolute atomic E-state index is 0.0621. The van der Waals surface area contributed by atoms with E-state index in [4.69, 9.17) is 16.3 Å². The first-order chi connectivity index (χ1) is 16.5. The lowest BCUT2D eigenvalue weighted by Crippen LogP contribution is -2.52. The number of likely N-dealkylation sites (N-methyl/N-ethyl adjacent to an activating group) is 1. The molecule has 7 heteroatoms. The fourth-order valence-corrected chi connectivity index (χ4v) is 5.63. The molecule has 1 aromatic heterocycles. The summed E-state index contributed by atoms with van der Waals surface area (Å²) in [5.41, 5.74) is 4.95. The maximum Gasteiger partial charge on any atom is 0.331 e. The van der Waals surface area contributed by atoms with Gasteiger partial charge in [0.1, 0.15) is 41.9 Å². The molecule has 2 aromatic rings. The Morgan fingerprint density at radius 2 is 1.86 bits per heavy atom. The van der Waals surface area contributed by atoms with Crippen LogP contribution in [-0.2, 0) is 14.3 Å². The average Bonchev–Trinajstić information content (AvgIpc) is 3.47. The monoisotopic (exact) mass is 500 g/mol. The highest BCUT2D eigenvalue weighted by Crippen LogP contribution is 2.47. The van der Waals surface area contributed by atoms with E-state index in [-0.39, 0.29) is 34.9 Å². The quantitative estimate of drug-likeness (QED) is 0.205. The first-order valence-electron chi connectivity index (χ1n) is 12.5. The first kappa shape index (κ1) is 27.3. The Morgan fingerprint density at radius 1 is 1.23 bits per heavy atom. The van der Waals surface area contributed by atoms with Gasteiger partial charge in [0.25, 0.3) is 0 Å². The third-order valence-corrected chi connectivity index (χ3v) is 7.35. The van der Waals surface area contributed by atoms with E-state index in [0.29, 0.717) is 29.9 Å². The Balaban J connectivity index is 2.14. The summed E-state index contributed by atoms with van der Waals surface area (Å²) >= 11 is 6.56. The minimum atomic E-state index is -0.472. The topological polar surface area (TPSA) is 68.3 Å². The van der Waals surface area contributed by atoms with E-state index in [9.17, 15) is 9.59 Å². The van der Waals surface area contributed by atoms with Crippen molar-refractivity contribution >= 4 is 23.5 Å². The molecule has 0 radical (unpaired) electrons. The van der Waals surface area contributed by atoms with E-state index in [1.807, 2.05) is 25.1 Å². The van der Waals surface area contributed by atoms with Gasteiger partial charge in [-0.25, -0.2) is 14.3 Å². The van der Waals surface area contributed by atoms with E-state index in [1.54, 1.807) is 0 Å². The van der Waals surface area contributed by atoms with Crippen LogP contribution in [0.1, 0.15) is 63.4 Å². The van der Waals surface area contributed by atoms with Gasteiger partial charge in [0.05, 0.1) is 7.11 Å². The number of amides is 1. The van der Waals surface area contributed by atoms with Crippen LogP contribution in [0.2, 0.25) is 5.15 Å². The van der Waals surface area contributed by atoms with Crippen LogP contribution in [-0.4, -0.2) is 53.6 Å². The van der Waals surface area contributed by atoms with Crippen molar-refractivity contribution in [2.45, 2.75) is 72.5 Å². The highest BCUT2D eigenvalue weighted by atomic mass is 35.5. The van der Waals surface area contributed by atoms with Gasteiger partial charge in [-0.2, -0.15) is 0 Å². The summed E-state index contributed by atoms with van der Waals surface area (Å²) in [4.78, 5) is 31.4. The Kier molecular flexibility index (Phi) is 8.73. The largest absolute Gasteiger partial charge is 0.469 e. The number of hydrogen-bond acceptors (Lipinski definition) is 5. The third kappa shape index (κ3) is 5.76. The van der Waals surface area contributed by atoms with Crippen LogP contribution in [0.4, 0.5) is 0 Å². The van der Waals surface area contributed by atoms with Crippen molar-refractivity contribution in [2.24, 2.45) is 5.92 Å². The number of quaternary nitrogens is 1. The Hall–Kier alpha value is -2.28. The molecule has 6 nitrogen and oxygen atoms in total. The predicted octanol–water partition coefficient (Wildman–Crippen LogP) is 5.39. The molecule has 0 saturated carbocycles. The Morgan fingerprint density at radius 3 is 2.37 bits per heavy atom. The molecule has 1 N–H and O–H groups in total. The van der Waals surface area contributed by atoms with Crippen LogP contribution >= 0.6 is 11.6 Å². The smallest absolute Gasteiger partial charge is 0.331 e. The number of rotatable bonds is 10. The number of hydrogen-bond donors (Lipinski definition) is 1. The second-order valence-corrected chi connectivity index (χ2v) is 10.6. The molecule has 1 fully saturated rings. The number of aryl methyl sites for hydroxylation is 2. The lowest BCUT2D eigenvalue weighted by atomic mass is 9.94. The predicted molar refractivity (Wildman–Crippen MR) is 140 cm³/mol. The van der Waals surface area contributed by atoms with Gasteiger partial charge in [0.2, 0.25) is 0 Å². The maximum atomic E-state index is 14.1. The van der Waals surface area contributed by atoms with Crippen LogP contribution < -0.4 is 5.32 Å². The normalized spacial score (nSPS) is 21.0. The number of carbonyl (C=O) groups excluding carboxylic acids is 2. The molecular formula is C28H39ClN3O3+. The number of ether oxygens (including phenoxy) is 1. The summed E-state index contributed by atoms with van der Waals surface area (Å²) in [5.74, 6) is 0.105. The van der Waals surface area contributed by atoms with Gasteiger partial charge < -0.3 is 10.1 Å². The van der Waals surface area contributed by atoms with Crippen molar-refractivity contribution in [3.63, 3.8) is 0 Å². The third-order valence-electron chi connectivity index (χ3n) is 7.15. The van der Waals surface area contributed by atoms with Gasteiger partial charge in [-0.3, -0.25) is 4.79 Å². The number of halogens is 1. The Bertz CT molecular complexity index is 1070. The van der Waals surface area contributed by atoms with Crippen molar-refractivity contribution < 1.29 is 18.8 Å². The summed E-state index contributed by atoms with van der Waals surface area (Å²) < 4.78 is 5.24. The zero-order valence-corrected chi connectivity index (χ0v) is 22.8. The van der Waals surface area contributed by atoms with Crippen molar-refractivity contribution in [3.8, 4) is 11.1 Å². The van der Waals surface area contributed by atoms with E-state index in [2.05, 4.69) is 57.1 Å². The molecule has 1 aliphatic rings. The molecule has 35 heavy (non-hydrogen) atoms. The molecule has 3 rings (SSSR count). The van der Waals surface area contributed by atoms with Crippen LogP contribution in [0.3, 0.4) is 0 Å². The van der Waals surface area contributed by atoms with E-state index in [1.165, 1.54) is 7.11 Å². The molecular weight excluding hydrogens is 462 g/mol. The van der Waals surface area contributed by atoms with Crippen LogP contribution in [0, 0.1) is 19.8 Å². The highest BCUT2D eigenvalue weighted by Gasteiger charge is 2.65. The van der Waals surface area contributed by atoms with Crippen LogP contribution in [0.5, 0.6) is 0 Å². The molecule has 0 spiro atoms. The Labute approximate surface area is 214 Å². The van der Waals surface area contributed by atoms with Crippen LogP contribution in [0.25, 0.3) is 11.1 Å². The molecule has 0 aliphatic carbocycles. The van der Waals surface area contributed by atoms with E-state index >= 15 is 0 Å². The molecule has 1 saturated heterocycles. The van der Waals surface area contributed by atoms with E-state index < -0.39 is 6.04 Å². The summed E-state index contributed by atoms with van der Waals surface area (Å²) in [7, 11) is 1.38. The number of benzene rings is 1. The van der Waals surface area contributed by atoms with Gasteiger partial charge in [-0.1, -0.05) is 50.6 Å². The maximum absolute atomic E-state index is 14.1. The van der Waals surface area contributed by atoms with Gasteiger partial charge >= 0.3 is 11.9 Å². The molecule has 0 bridgehead atoms. The summed E-state index contributed by atoms with van der Waals surface area (Å²) in [6.45, 7) is 13.8. The minimum Gasteiger partial charge on any atom is -0.469 e. The highest BCUT2D eigenvalue weighted by molar-refractivity contribution is 6.29. The summed E-state index contributed by atoms with van der Waals surface area (Å²) in [6, 6.07) is 9.34. The van der Waals surface area contributed by atoms with Crippen LogP contribution in [0.15, 0.2) is 30.3 Å². The second-order valence-electron chi connectivity index (χ2n) is 10.2. The molecule has 1 amide bonds. The first-order valence-corrected chi connectivity index (χ1v) is 12.9. The number of aromatic nitrogens is 1. The van der Waals surface area contributed by atoms with Crippen molar-refractivity contribution in [1.82, 2.24) is 10.3 Å². The number of pyridine rings is 1. The lowest BCUT2D eigenvalue weighted by Gasteiger charge is -2.31. The molecule has 1 aliphatic heterocycles. The fourth-order valence-electron chi connectivity index (χ4n) is 5.41. The molecule has 4 atom stereocenters. The molecule has 1 aromatic carbocycles. The number of carbonyl (C=O) groups is 2. The van der Waals surface area contributed by atoms with Gasteiger partial charge in [-0.05, 0) is 74.0 Å². The number of esters is 1. The zero-order chi connectivity index (χ0) is 25.9. The average molecular weight is 501 g/mol.